The van der Waals surface area contributed by atoms with Crippen LogP contribution in [0.3, 0.4) is 0 Å². The fraction of sp³-hybridized carbons (Fsp3) is 0.286. The van der Waals surface area contributed by atoms with Gasteiger partial charge in [-0.05, 0) is 25.3 Å². The number of hydrogen-bond acceptors (Lipinski definition) is 1. The van der Waals surface area contributed by atoms with Crippen molar-refractivity contribution in [2.24, 2.45) is 0 Å². The van der Waals surface area contributed by atoms with Gasteiger partial charge in [-0.3, -0.25) is 0 Å². The monoisotopic (exact) mass is 236 g/mol. The first-order chi connectivity index (χ1) is 8.16. The van der Waals surface area contributed by atoms with Crippen molar-refractivity contribution in [3.05, 3.63) is 53.1 Å². The highest BCUT2D eigenvalue weighted by atomic mass is 19.1. The third-order valence-electron chi connectivity index (χ3n) is 2.73. The van der Waals surface area contributed by atoms with Crippen LogP contribution < -0.4 is 4.74 Å². The van der Waals surface area contributed by atoms with Gasteiger partial charge in [0.15, 0.2) is 0 Å². The minimum absolute atomic E-state index is 0.0223. The van der Waals surface area contributed by atoms with Crippen LogP contribution in [0.25, 0.3) is 0 Å². The predicted octanol–water partition coefficient (Wildman–Crippen LogP) is 3.93. The molecule has 0 bridgehead atoms. The summed E-state index contributed by atoms with van der Waals surface area (Å²) in [7, 11) is 0. The lowest BCUT2D eigenvalue weighted by Gasteiger charge is -2.10. The standard InChI is InChI=1S/C14H14F2O/c1-10-13(15)7-12(8-14(10)16)17-9-11-5-3-2-4-6-11/h3,5-8H,2,4,9H2,1H3. The largest absolute Gasteiger partial charge is 0.489 e. The molecule has 0 saturated carbocycles. The summed E-state index contributed by atoms with van der Waals surface area (Å²) >= 11 is 0. The second-order valence-corrected chi connectivity index (χ2v) is 4.06. The second-order valence-electron chi connectivity index (χ2n) is 4.06. The van der Waals surface area contributed by atoms with Crippen LogP contribution in [0.2, 0.25) is 0 Å². The fourth-order valence-corrected chi connectivity index (χ4v) is 1.65. The topological polar surface area (TPSA) is 9.23 Å². The van der Waals surface area contributed by atoms with Crippen molar-refractivity contribution in [1.82, 2.24) is 0 Å². The maximum absolute atomic E-state index is 13.3. The zero-order valence-corrected chi connectivity index (χ0v) is 9.67. The number of allylic oxidation sites excluding steroid dienone is 2. The van der Waals surface area contributed by atoms with Crippen molar-refractivity contribution in [1.29, 1.82) is 0 Å². The third-order valence-corrected chi connectivity index (χ3v) is 2.73. The molecule has 1 aromatic carbocycles. The van der Waals surface area contributed by atoms with Gasteiger partial charge in [-0.2, -0.15) is 0 Å². The molecule has 1 aromatic rings. The number of ether oxygens (including phenoxy) is 1. The van der Waals surface area contributed by atoms with Gasteiger partial charge in [-0.1, -0.05) is 18.2 Å². The van der Waals surface area contributed by atoms with E-state index in [1.54, 1.807) is 0 Å². The van der Waals surface area contributed by atoms with E-state index >= 15 is 0 Å². The maximum atomic E-state index is 13.3. The summed E-state index contributed by atoms with van der Waals surface area (Å²) in [6, 6.07) is 2.43. The molecular formula is C14H14F2O. The highest BCUT2D eigenvalue weighted by Crippen LogP contribution is 2.21. The first-order valence-corrected chi connectivity index (χ1v) is 5.61. The first kappa shape index (κ1) is 11.8. The van der Waals surface area contributed by atoms with Crippen molar-refractivity contribution < 1.29 is 13.5 Å². The number of rotatable bonds is 3. The number of halogens is 2. The van der Waals surface area contributed by atoms with Gasteiger partial charge in [-0.15, -0.1) is 0 Å². The molecule has 17 heavy (non-hydrogen) atoms. The van der Waals surface area contributed by atoms with Gasteiger partial charge >= 0.3 is 0 Å². The smallest absolute Gasteiger partial charge is 0.132 e. The molecule has 0 radical (unpaired) electrons. The molecule has 1 aliphatic rings. The maximum Gasteiger partial charge on any atom is 0.132 e. The zero-order valence-electron chi connectivity index (χ0n) is 9.67. The average molecular weight is 236 g/mol. The van der Waals surface area contributed by atoms with Gasteiger partial charge in [-0.25, -0.2) is 8.78 Å². The van der Waals surface area contributed by atoms with Crippen LogP contribution in [-0.4, -0.2) is 6.61 Å². The first-order valence-electron chi connectivity index (χ1n) is 5.61. The van der Waals surface area contributed by atoms with E-state index in [0.29, 0.717) is 6.61 Å². The summed E-state index contributed by atoms with van der Waals surface area (Å²) in [5.41, 5.74) is 1.06. The van der Waals surface area contributed by atoms with Crippen LogP contribution in [0.15, 0.2) is 35.9 Å². The molecule has 2 rings (SSSR count). The van der Waals surface area contributed by atoms with Crippen molar-refractivity contribution >= 4 is 0 Å². The summed E-state index contributed by atoms with van der Waals surface area (Å²) in [4.78, 5) is 0. The van der Waals surface area contributed by atoms with Crippen molar-refractivity contribution in [3.63, 3.8) is 0 Å². The van der Waals surface area contributed by atoms with Gasteiger partial charge < -0.3 is 4.74 Å². The highest BCUT2D eigenvalue weighted by molar-refractivity contribution is 5.31. The molecule has 1 nitrogen and oxygen atoms in total. The Hall–Kier alpha value is -1.64. The zero-order chi connectivity index (χ0) is 12.3. The highest BCUT2D eigenvalue weighted by Gasteiger charge is 2.08. The van der Waals surface area contributed by atoms with Gasteiger partial charge in [0, 0.05) is 17.7 Å². The SMILES string of the molecule is Cc1c(F)cc(OCC2=CCCC=C2)cc1F. The Morgan fingerprint density at radius 3 is 2.47 bits per heavy atom. The molecule has 0 heterocycles. The van der Waals surface area contributed by atoms with E-state index in [9.17, 15) is 8.78 Å². The quantitative estimate of drug-likeness (QED) is 0.772. The Labute approximate surface area is 99.4 Å². The molecule has 0 unspecified atom stereocenters. The van der Waals surface area contributed by atoms with Crippen molar-refractivity contribution in [2.45, 2.75) is 19.8 Å². The van der Waals surface area contributed by atoms with Crippen LogP contribution in [-0.2, 0) is 0 Å². The van der Waals surface area contributed by atoms with E-state index in [1.165, 1.54) is 19.1 Å². The van der Waals surface area contributed by atoms with Gasteiger partial charge in [0.05, 0.1) is 0 Å². The molecule has 0 aliphatic heterocycles. The lowest BCUT2D eigenvalue weighted by atomic mass is 10.1. The Bertz CT molecular complexity index is 452. The Morgan fingerprint density at radius 1 is 1.18 bits per heavy atom. The molecule has 0 saturated heterocycles. The molecular weight excluding hydrogens is 222 g/mol. The molecule has 90 valence electrons. The van der Waals surface area contributed by atoms with Crippen molar-refractivity contribution in [3.8, 4) is 5.75 Å². The van der Waals surface area contributed by atoms with E-state index in [2.05, 4.69) is 12.2 Å². The summed E-state index contributed by atoms with van der Waals surface area (Å²) in [6.07, 6.45) is 8.14. The van der Waals surface area contributed by atoms with E-state index in [1.807, 2.05) is 6.08 Å². The Balaban J connectivity index is 2.04. The minimum Gasteiger partial charge on any atom is -0.489 e. The molecule has 1 aliphatic carbocycles. The minimum atomic E-state index is -0.576. The van der Waals surface area contributed by atoms with Gasteiger partial charge in [0.25, 0.3) is 0 Å². The van der Waals surface area contributed by atoms with Gasteiger partial charge in [0.1, 0.15) is 24.0 Å². The molecule has 0 spiro atoms. The van der Waals surface area contributed by atoms with Crippen LogP contribution in [0.4, 0.5) is 8.78 Å². The van der Waals surface area contributed by atoms with E-state index in [-0.39, 0.29) is 11.3 Å². The fourth-order valence-electron chi connectivity index (χ4n) is 1.65. The second kappa shape index (κ2) is 5.13. The van der Waals surface area contributed by atoms with Gasteiger partial charge in [0.2, 0.25) is 0 Å². The summed E-state index contributed by atoms with van der Waals surface area (Å²) in [5, 5.41) is 0. The van der Waals surface area contributed by atoms with E-state index < -0.39 is 11.6 Å². The lowest BCUT2D eigenvalue weighted by Crippen LogP contribution is -2.02. The molecule has 0 atom stereocenters. The number of hydrogen-bond donors (Lipinski definition) is 0. The predicted molar refractivity (Wildman–Crippen MR) is 63.0 cm³/mol. The van der Waals surface area contributed by atoms with Crippen LogP contribution in [0.5, 0.6) is 5.75 Å². The van der Waals surface area contributed by atoms with Crippen LogP contribution in [0.1, 0.15) is 18.4 Å². The average Bonchev–Trinajstić information content (AvgIpc) is 2.34. The van der Waals surface area contributed by atoms with E-state index in [4.69, 9.17) is 4.74 Å². The Morgan fingerprint density at radius 2 is 1.88 bits per heavy atom. The molecule has 0 fully saturated rings. The van der Waals surface area contributed by atoms with Crippen molar-refractivity contribution in [2.75, 3.05) is 6.61 Å². The van der Waals surface area contributed by atoms with Crippen LogP contribution in [0, 0.1) is 18.6 Å². The molecule has 0 N–H and O–H groups in total. The normalized spacial score (nSPS) is 14.6. The third kappa shape index (κ3) is 2.93. The van der Waals surface area contributed by atoms with Crippen LogP contribution >= 0.6 is 0 Å². The molecule has 3 heteroatoms. The molecule has 0 amide bonds. The summed E-state index contributed by atoms with van der Waals surface area (Å²) in [6.45, 7) is 1.75. The molecule has 0 aromatic heterocycles. The summed E-state index contributed by atoms with van der Waals surface area (Å²) in [5.74, 6) is -0.924. The summed E-state index contributed by atoms with van der Waals surface area (Å²) < 4.78 is 31.9. The Kier molecular flexibility index (Phi) is 3.57. The lowest BCUT2D eigenvalue weighted by molar-refractivity contribution is 0.349. The van der Waals surface area contributed by atoms with E-state index in [0.717, 1.165) is 18.4 Å². The number of benzene rings is 1.